The Morgan fingerprint density at radius 1 is 1.12 bits per heavy atom. The fraction of sp³-hybridized carbons (Fsp3) is 0.214. The van der Waals surface area contributed by atoms with Crippen LogP contribution < -0.4 is 11.3 Å². The molecule has 1 atom stereocenters. The number of pyridine rings is 1. The number of hydrogen-bond acceptors (Lipinski definition) is 3. The fourth-order valence-corrected chi connectivity index (χ4v) is 1.84. The summed E-state index contributed by atoms with van der Waals surface area (Å²) in [7, 11) is 0. The van der Waals surface area contributed by atoms with E-state index in [1.165, 1.54) is 11.1 Å². The van der Waals surface area contributed by atoms with E-state index in [2.05, 4.69) is 42.5 Å². The second-order valence-electron chi connectivity index (χ2n) is 4.20. The van der Waals surface area contributed by atoms with E-state index < -0.39 is 0 Å². The van der Waals surface area contributed by atoms with E-state index in [0.717, 1.165) is 11.3 Å². The largest absolute Gasteiger partial charge is 0.271 e. The Morgan fingerprint density at radius 2 is 1.94 bits per heavy atom. The summed E-state index contributed by atoms with van der Waals surface area (Å²) in [6.45, 7) is 4.20. The molecule has 17 heavy (non-hydrogen) atoms. The molecule has 2 rings (SSSR count). The smallest absolute Gasteiger partial charge is 0.0881 e. The van der Waals surface area contributed by atoms with E-state index in [1.54, 1.807) is 6.20 Å². The van der Waals surface area contributed by atoms with Gasteiger partial charge in [-0.3, -0.25) is 10.8 Å². The van der Waals surface area contributed by atoms with Crippen molar-refractivity contribution in [1.82, 2.24) is 10.4 Å². The van der Waals surface area contributed by atoms with E-state index >= 15 is 0 Å². The molecule has 2 aromatic rings. The van der Waals surface area contributed by atoms with Gasteiger partial charge in [-0.2, -0.15) is 0 Å². The molecular formula is C14H17N3. The van der Waals surface area contributed by atoms with Crippen LogP contribution in [0.1, 0.15) is 28.4 Å². The monoisotopic (exact) mass is 227 g/mol. The molecule has 88 valence electrons. The predicted molar refractivity (Wildman–Crippen MR) is 69.3 cm³/mol. The third kappa shape index (κ3) is 2.52. The molecule has 3 nitrogen and oxygen atoms in total. The minimum Gasteiger partial charge on any atom is -0.271 e. The molecular weight excluding hydrogens is 210 g/mol. The molecule has 3 N–H and O–H groups in total. The third-order valence-corrected chi connectivity index (χ3v) is 3.01. The fourth-order valence-electron chi connectivity index (χ4n) is 1.84. The number of rotatable bonds is 3. The van der Waals surface area contributed by atoms with Gasteiger partial charge in [-0.25, -0.2) is 5.43 Å². The number of hydrazine groups is 1. The number of hydrogen-bond donors (Lipinski definition) is 2. The minimum absolute atomic E-state index is 0.0597. The predicted octanol–water partition coefficient (Wildman–Crippen LogP) is 2.25. The van der Waals surface area contributed by atoms with Crippen LogP contribution in [0.4, 0.5) is 0 Å². The summed E-state index contributed by atoms with van der Waals surface area (Å²) in [6, 6.07) is 12.1. The summed E-state index contributed by atoms with van der Waals surface area (Å²) in [5, 5.41) is 0. The molecule has 3 heteroatoms. The Kier molecular flexibility index (Phi) is 3.52. The maximum Gasteiger partial charge on any atom is 0.0881 e. The number of benzene rings is 1. The summed E-state index contributed by atoms with van der Waals surface area (Å²) in [5.41, 5.74) is 7.43. The third-order valence-electron chi connectivity index (χ3n) is 3.01. The van der Waals surface area contributed by atoms with Crippen molar-refractivity contribution in [1.29, 1.82) is 0 Å². The second-order valence-corrected chi connectivity index (χ2v) is 4.20. The van der Waals surface area contributed by atoms with Crippen molar-refractivity contribution >= 4 is 0 Å². The lowest BCUT2D eigenvalue weighted by molar-refractivity contribution is 0.620. The SMILES string of the molecule is Cc1ccc(C(NN)c2ccccn2)cc1C. The van der Waals surface area contributed by atoms with E-state index in [-0.39, 0.29) is 6.04 Å². The van der Waals surface area contributed by atoms with Gasteiger partial charge in [-0.15, -0.1) is 0 Å². The van der Waals surface area contributed by atoms with Crippen LogP contribution in [0.3, 0.4) is 0 Å². The molecule has 0 aliphatic rings. The Bertz CT molecular complexity index is 494. The zero-order chi connectivity index (χ0) is 12.3. The van der Waals surface area contributed by atoms with E-state index in [4.69, 9.17) is 5.84 Å². The van der Waals surface area contributed by atoms with E-state index in [1.807, 2.05) is 18.2 Å². The van der Waals surface area contributed by atoms with E-state index in [9.17, 15) is 0 Å². The zero-order valence-electron chi connectivity index (χ0n) is 10.1. The number of nitrogens with two attached hydrogens (primary N) is 1. The molecule has 0 bridgehead atoms. The maximum absolute atomic E-state index is 5.63. The van der Waals surface area contributed by atoms with E-state index in [0.29, 0.717) is 0 Å². The van der Waals surface area contributed by atoms with Gasteiger partial charge in [-0.05, 0) is 42.7 Å². The van der Waals surface area contributed by atoms with Crippen LogP contribution in [-0.2, 0) is 0 Å². The summed E-state index contributed by atoms with van der Waals surface area (Å²) < 4.78 is 0. The van der Waals surface area contributed by atoms with Gasteiger partial charge in [0, 0.05) is 6.20 Å². The van der Waals surface area contributed by atoms with Crippen LogP contribution in [0, 0.1) is 13.8 Å². The standard InChI is InChI=1S/C14H17N3/c1-10-6-7-12(9-11(10)2)14(17-15)13-5-3-4-8-16-13/h3-9,14,17H,15H2,1-2H3. The lowest BCUT2D eigenvalue weighted by Crippen LogP contribution is -2.29. The van der Waals surface area contributed by atoms with Gasteiger partial charge >= 0.3 is 0 Å². The molecule has 0 radical (unpaired) electrons. The zero-order valence-corrected chi connectivity index (χ0v) is 10.1. The van der Waals surface area contributed by atoms with Crippen molar-refractivity contribution in [3.8, 4) is 0 Å². The molecule has 0 saturated carbocycles. The van der Waals surface area contributed by atoms with Crippen LogP contribution >= 0.6 is 0 Å². The van der Waals surface area contributed by atoms with Gasteiger partial charge in [0.2, 0.25) is 0 Å². The van der Waals surface area contributed by atoms with Crippen molar-refractivity contribution in [3.63, 3.8) is 0 Å². The molecule has 0 aliphatic heterocycles. The van der Waals surface area contributed by atoms with Gasteiger partial charge in [0.25, 0.3) is 0 Å². The van der Waals surface area contributed by atoms with Crippen molar-refractivity contribution in [2.75, 3.05) is 0 Å². The first kappa shape index (κ1) is 11.8. The van der Waals surface area contributed by atoms with Crippen molar-refractivity contribution < 1.29 is 0 Å². The molecule has 0 aliphatic carbocycles. The highest BCUT2D eigenvalue weighted by atomic mass is 15.2. The molecule has 1 aromatic carbocycles. The Labute approximate surface area is 102 Å². The molecule has 1 aromatic heterocycles. The summed E-state index contributed by atoms with van der Waals surface area (Å²) in [6.07, 6.45) is 1.78. The number of aryl methyl sites for hydroxylation is 2. The summed E-state index contributed by atoms with van der Waals surface area (Å²) in [5.74, 6) is 5.63. The highest BCUT2D eigenvalue weighted by Crippen LogP contribution is 2.21. The van der Waals surface area contributed by atoms with Crippen LogP contribution in [-0.4, -0.2) is 4.98 Å². The lowest BCUT2D eigenvalue weighted by atomic mass is 9.99. The molecule has 1 heterocycles. The number of nitrogens with one attached hydrogen (secondary N) is 1. The lowest BCUT2D eigenvalue weighted by Gasteiger charge is -2.16. The topological polar surface area (TPSA) is 50.9 Å². The van der Waals surface area contributed by atoms with Gasteiger partial charge < -0.3 is 0 Å². The van der Waals surface area contributed by atoms with Gasteiger partial charge in [0.05, 0.1) is 11.7 Å². The molecule has 0 fully saturated rings. The average Bonchev–Trinajstić information content (AvgIpc) is 2.36. The van der Waals surface area contributed by atoms with Crippen molar-refractivity contribution in [2.24, 2.45) is 5.84 Å². The molecule has 0 saturated heterocycles. The Balaban J connectivity index is 2.39. The Hall–Kier alpha value is -1.71. The van der Waals surface area contributed by atoms with Crippen LogP contribution in [0.2, 0.25) is 0 Å². The summed E-state index contributed by atoms with van der Waals surface area (Å²) >= 11 is 0. The Morgan fingerprint density at radius 3 is 2.53 bits per heavy atom. The first-order valence-corrected chi connectivity index (χ1v) is 5.66. The first-order valence-electron chi connectivity index (χ1n) is 5.66. The maximum atomic E-state index is 5.63. The second kappa shape index (κ2) is 5.08. The minimum atomic E-state index is -0.0597. The van der Waals surface area contributed by atoms with Crippen molar-refractivity contribution in [3.05, 3.63) is 65.0 Å². The van der Waals surface area contributed by atoms with Crippen molar-refractivity contribution in [2.45, 2.75) is 19.9 Å². The highest BCUT2D eigenvalue weighted by molar-refractivity contribution is 5.35. The normalized spacial score (nSPS) is 12.4. The average molecular weight is 227 g/mol. The van der Waals surface area contributed by atoms with Gasteiger partial charge in [0.15, 0.2) is 0 Å². The molecule has 1 unspecified atom stereocenters. The number of nitrogens with zero attached hydrogens (tertiary/aromatic N) is 1. The number of aromatic nitrogens is 1. The van der Waals surface area contributed by atoms with Crippen LogP contribution in [0.25, 0.3) is 0 Å². The first-order chi connectivity index (χ1) is 8.22. The highest BCUT2D eigenvalue weighted by Gasteiger charge is 2.13. The van der Waals surface area contributed by atoms with Gasteiger partial charge in [-0.1, -0.05) is 24.3 Å². The van der Waals surface area contributed by atoms with Crippen LogP contribution in [0.15, 0.2) is 42.6 Å². The van der Waals surface area contributed by atoms with Crippen LogP contribution in [0.5, 0.6) is 0 Å². The summed E-state index contributed by atoms with van der Waals surface area (Å²) in [4.78, 5) is 4.34. The van der Waals surface area contributed by atoms with Gasteiger partial charge in [0.1, 0.15) is 0 Å². The quantitative estimate of drug-likeness (QED) is 0.624. The molecule has 0 spiro atoms. The molecule has 0 amide bonds.